The summed E-state index contributed by atoms with van der Waals surface area (Å²) in [5.41, 5.74) is 0.746. The van der Waals surface area contributed by atoms with Crippen LogP contribution in [0.1, 0.15) is 24.9 Å². The Morgan fingerprint density at radius 3 is 2.16 bits per heavy atom. The summed E-state index contributed by atoms with van der Waals surface area (Å²) in [7, 11) is 4.70. The van der Waals surface area contributed by atoms with Crippen molar-refractivity contribution in [1.29, 1.82) is 5.26 Å². The van der Waals surface area contributed by atoms with Gasteiger partial charge in [0.15, 0.2) is 11.5 Å². The predicted octanol–water partition coefficient (Wildman–Crippen LogP) is 2.28. The first kappa shape index (κ1) is 15.1. The average Bonchev–Trinajstić information content (AvgIpc) is 2.47. The average molecular weight is 264 g/mol. The molecule has 104 valence electrons. The summed E-state index contributed by atoms with van der Waals surface area (Å²) < 4.78 is 15.8. The number of nitrogens with one attached hydrogen (secondary N) is 1. The van der Waals surface area contributed by atoms with E-state index in [2.05, 4.69) is 11.4 Å². The van der Waals surface area contributed by atoms with Crippen LogP contribution in [0, 0.1) is 11.3 Å². The molecule has 1 aromatic rings. The third-order valence-electron chi connectivity index (χ3n) is 2.77. The minimum absolute atomic E-state index is 0.435. The van der Waals surface area contributed by atoms with E-state index in [-0.39, 0.29) is 0 Å². The van der Waals surface area contributed by atoms with Gasteiger partial charge in [0.2, 0.25) is 0 Å². The van der Waals surface area contributed by atoms with Crippen molar-refractivity contribution in [1.82, 2.24) is 5.32 Å². The fourth-order valence-corrected chi connectivity index (χ4v) is 1.79. The van der Waals surface area contributed by atoms with Gasteiger partial charge in [0.1, 0.15) is 11.8 Å². The van der Waals surface area contributed by atoms with E-state index in [0.29, 0.717) is 17.2 Å². The van der Waals surface area contributed by atoms with E-state index in [0.717, 1.165) is 18.5 Å². The molecule has 5 heteroatoms. The van der Waals surface area contributed by atoms with Gasteiger partial charge in [-0.25, -0.2) is 0 Å². The molecule has 0 aliphatic carbocycles. The van der Waals surface area contributed by atoms with Gasteiger partial charge in [-0.05, 0) is 19.0 Å². The first-order valence-electron chi connectivity index (χ1n) is 6.14. The lowest BCUT2D eigenvalue weighted by atomic mass is 10.1. The largest absolute Gasteiger partial charge is 0.496 e. The van der Waals surface area contributed by atoms with Crippen LogP contribution in [0.15, 0.2) is 12.1 Å². The topological polar surface area (TPSA) is 63.5 Å². The van der Waals surface area contributed by atoms with Crippen molar-refractivity contribution in [2.24, 2.45) is 0 Å². The summed E-state index contributed by atoms with van der Waals surface area (Å²) in [4.78, 5) is 0. The maximum Gasteiger partial charge on any atom is 0.164 e. The van der Waals surface area contributed by atoms with Gasteiger partial charge in [-0.3, -0.25) is 5.32 Å². The predicted molar refractivity (Wildman–Crippen MR) is 72.7 cm³/mol. The zero-order valence-electron chi connectivity index (χ0n) is 11.8. The number of benzene rings is 1. The molecule has 5 nitrogen and oxygen atoms in total. The van der Waals surface area contributed by atoms with Gasteiger partial charge in [0, 0.05) is 11.6 Å². The van der Waals surface area contributed by atoms with E-state index in [4.69, 9.17) is 14.2 Å². The van der Waals surface area contributed by atoms with Crippen LogP contribution < -0.4 is 19.5 Å². The second kappa shape index (κ2) is 7.49. The maximum absolute atomic E-state index is 9.28. The molecule has 0 amide bonds. The molecule has 1 unspecified atom stereocenters. The molecule has 0 bridgehead atoms. The highest BCUT2D eigenvalue weighted by Crippen LogP contribution is 2.37. The molecule has 0 heterocycles. The number of hydrogen-bond donors (Lipinski definition) is 1. The molecule has 0 aliphatic rings. The first-order valence-corrected chi connectivity index (χ1v) is 6.14. The summed E-state index contributed by atoms with van der Waals surface area (Å²) in [6.45, 7) is 2.81. The third kappa shape index (κ3) is 3.52. The summed E-state index contributed by atoms with van der Waals surface area (Å²) in [5.74, 6) is 1.76. The van der Waals surface area contributed by atoms with Crippen LogP contribution in [0.25, 0.3) is 0 Å². The number of ether oxygens (including phenoxy) is 3. The Morgan fingerprint density at radius 2 is 1.68 bits per heavy atom. The molecule has 0 radical (unpaired) electrons. The summed E-state index contributed by atoms with van der Waals surface area (Å²) in [5, 5.41) is 12.4. The molecule has 1 atom stereocenters. The van der Waals surface area contributed by atoms with Gasteiger partial charge in [-0.2, -0.15) is 5.26 Å². The molecule has 0 fully saturated rings. The normalized spacial score (nSPS) is 11.5. The van der Waals surface area contributed by atoms with Crippen LogP contribution in [-0.2, 0) is 0 Å². The fourth-order valence-electron chi connectivity index (χ4n) is 1.79. The maximum atomic E-state index is 9.28. The molecule has 0 saturated heterocycles. The molecule has 19 heavy (non-hydrogen) atoms. The Balaban J connectivity index is 3.20. The van der Waals surface area contributed by atoms with E-state index in [1.54, 1.807) is 33.5 Å². The van der Waals surface area contributed by atoms with Crippen molar-refractivity contribution in [3.05, 3.63) is 17.7 Å². The molecule has 1 rings (SSSR count). The lowest BCUT2D eigenvalue weighted by molar-refractivity contribution is 0.346. The number of methoxy groups -OCH3 is 3. The van der Waals surface area contributed by atoms with Crippen molar-refractivity contribution in [3.8, 4) is 23.3 Å². The van der Waals surface area contributed by atoms with Crippen molar-refractivity contribution >= 4 is 0 Å². The van der Waals surface area contributed by atoms with Crippen LogP contribution in [0.4, 0.5) is 0 Å². The molecular weight excluding hydrogens is 244 g/mol. The molecule has 0 saturated carbocycles. The van der Waals surface area contributed by atoms with Gasteiger partial charge in [-0.15, -0.1) is 0 Å². The van der Waals surface area contributed by atoms with E-state index in [9.17, 15) is 5.26 Å². The zero-order chi connectivity index (χ0) is 14.3. The van der Waals surface area contributed by atoms with E-state index in [1.165, 1.54) is 0 Å². The SMILES string of the molecule is CCCNC(C#N)c1cc(OC)c(OC)cc1OC. The molecule has 0 aliphatic heterocycles. The quantitative estimate of drug-likeness (QED) is 0.818. The monoisotopic (exact) mass is 264 g/mol. The Hall–Kier alpha value is -1.93. The Kier molecular flexibility index (Phi) is 5.97. The van der Waals surface area contributed by atoms with Crippen LogP contribution in [-0.4, -0.2) is 27.9 Å². The third-order valence-corrected chi connectivity index (χ3v) is 2.77. The molecule has 0 spiro atoms. The zero-order valence-corrected chi connectivity index (χ0v) is 11.8. The van der Waals surface area contributed by atoms with E-state index < -0.39 is 6.04 Å². The highest BCUT2D eigenvalue weighted by atomic mass is 16.5. The van der Waals surface area contributed by atoms with E-state index >= 15 is 0 Å². The highest BCUT2D eigenvalue weighted by molar-refractivity contribution is 5.52. The minimum Gasteiger partial charge on any atom is -0.496 e. The van der Waals surface area contributed by atoms with Gasteiger partial charge in [0.25, 0.3) is 0 Å². The number of hydrogen-bond acceptors (Lipinski definition) is 5. The summed E-state index contributed by atoms with van der Waals surface area (Å²) >= 11 is 0. The van der Waals surface area contributed by atoms with Crippen molar-refractivity contribution in [3.63, 3.8) is 0 Å². The molecule has 0 aromatic heterocycles. The van der Waals surface area contributed by atoms with Crippen molar-refractivity contribution in [2.45, 2.75) is 19.4 Å². The second-order valence-corrected chi connectivity index (χ2v) is 3.97. The summed E-state index contributed by atoms with van der Waals surface area (Å²) in [6.07, 6.45) is 0.952. The molecule has 1 N–H and O–H groups in total. The number of nitrogens with zero attached hydrogens (tertiary/aromatic N) is 1. The van der Waals surface area contributed by atoms with Gasteiger partial charge in [0.05, 0.1) is 27.4 Å². The number of rotatable bonds is 7. The number of nitriles is 1. The van der Waals surface area contributed by atoms with Crippen molar-refractivity contribution in [2.75, 3.05) is 27.9 Å². The standard InChI is InChI=1S/C14H20N2O3/c1-5-6-16-11(9-15)10-7-13(18-3)14(19-4)8-12(10)17-2/h7-8,11,16H,5-6H2,1-4H3. The molecular formula is C14H20N2O3. The van der Waals surface area contributed by atoms with E-state index in [1.807, 2.05) is 6.92 Å². The fraction of sp³-hybridized carbons (Fsp3) is 0.500. The first-order chi connectivity index (χ1) is 9.21. The highest BCUT2D eigenvalue weighted by Gasteiger charge is 2.19. The van der Waals surface area contributed by atoms with Crippen LogP contribution in [0.2, 0.25) is 0 Å². The Morgan fingerprint density at radius 1 is 1.11 bits per heavy atom. The summed E-state index contributed by atoms with van der Waals surface area (Å²) in [6, 6.07) is 5.29. The van der Waals surface area contributed by atoms with Crippen LogP contribution >= 0.6 is 0 Å². The lowest BCUT2D eigenvalue weighted by Crippen LogP contribution is -2.21. The minimum atomic E-state index is -0.435. The van der Waals surface area contributed by atoms with Crippen molar-refractivity contribution < 1.29 is 14.2 Å². The van der Waals surface area contributed by atoms with Gasteiger partial charge < -0.3 is 14.2 Å². The smallest absolute Gasteiger partial charge is 0.164 e. The lowest BCUT2D eigenvalue weighted by Gasteiger charge is -2.17. The van der Waals surface area contributed by atoms with Crippen LogP contribution in [0.3, 0.4) is 0 Å². The second-order valence-electron chi connectivity index (χ2n) is 3.97. The van der Waals surface area contributed by atoms with Crippen LogP contribution in [0.5, 0.6) is 17.2 Å². The van der Waals surface area contributed by atoms with Gasteiger partial charge >= 0.3 is 0 Å². The Bertz CT molecular complexity index is 455. The molecule has 1 aromatic carbocycles. The van der Waals surface area contributed by atoms with Gasteiger partial charge in [-0.1, -0.05) is 6.92 Å². The Labute approximate surface area is 114 Å².